The Morgan fingerprint density at radius 3 is 2.83 bits per heavy atom. The maximum Gasteiger partial charge on any atom is 0.191 e. The average Bonchev–Trinajstić information content (AvgIpc) is 2.96. The smallest absolute Gasteiger partial charge is 0.191 e. The van der Waals surface area contributed by atoms with E-state index in [1.807, 2.05) is 0 Å². The molecule has 1 aliphatic heterocycles. The first-order chi connectivity index (χ1) is 11.2. The Balaban J connectivity index is 0.00000288. The highest BCUT2D eigenvalue weighted by atomic mass is 127. The van der Waals surface area contributed by atoms with Crippen LogP contribution in [0.5, 0.6) is 0 Å². The number of aliphatic imine (C=N–C) groups is 1. The Kier molecular flexibility index (Phi) is 10.3. The molecule has 1 aromatic heterocycles. The summed E-state index contributed by atoms with van der Waals surface area (Å²) < 4.78 is 2.24. The summed E-state index contributed by atoms with van der Waals surface area (Å²) in [6, 6.07) is 0.437. The van der Waals surface area contributed by atoms with Crippen molar-refractivity contribution in [3.8, 4) is 0 Å². The summed E-state index contributed by atoms with van der Waals surface area (Å²) >= 11 is 0. The van der Waals surface area contributed by atoms with Crippen molar-refractivity contribution in [3.05, 3.63) is 11.6 Å². The van der Waals surface area contributed by atoms with E-state index in [4.69, 9.17) is 4.99 Å². The van der Waals surface area contributed by atoms with Crippen LogP contribution in [-0.4, -0.2) is 33.3 Å². The molecular weight excluding hydrogens is 415 g/mol. The lowest BCUT2D eigenvalue weighted by atomic mass is 10.1. The minimum Gasteiger partial charge on any atom is -0.357 e. The van der Waals surface area contributed by atoms with Crippen molar-refractivity contribution in [1.82, 2.24) is 25.4 Å². The molecule has 138 valence electrons. The molecule has 7 heteroatoms. The van der Waals surface area contributed by atoms with Crippen LogP contribution in [-0.2, 0) is 19.5 Å². The molecule has 24 heavy (non-hydrogen) atoms. The molecule has 0 radical (unpaired) electrons. The third-order valence-corrected chi connectivity index (χ3v) is 4.28. The molecule has 0 saturated carbocycles. The Morgan fingerprint density at radius 1 is 1.25 bits per heavy atom. The lowest BCUT2D eigenvalue weighted by Gasteiger charge is -2.18. The second-order valence-electron chi connectivity index (χ2n) is 6.38. The van der Waals surface area contributed by atoms with Gasteiger partial charge in [0.1, 0.15) is 12.4 Å². The highest BCUT2D eigenvalue weighted by Crippen LogP contribution is 2.14. The SMILES string of the molecule is CCCCCC(C)NC(=NCc1nnc2n1CCCC2)NCC.I. The molecule has 0 aromatic carbocycles. The molecule has 2 heterocycles. The van der Waals surface area contributed by atoms with Crippen LogP contribution in [0.3, 0.4) is 0 Å². The second-order valence-corrected chi connectivity index (χ2v) is 6.38. The van der Waals surface area contributed by atoms with Crippen LogP contribution in [0, 0.1) is 0 Å². The average molecular weight is 448 g/mol. The lowest BCUT2D eigenvalue weighted by Crippen LogP contribution is -2.42. The number of nitrogens with one attached hydrogen (secondary N) is 2. The number of halogens is 1. The Labute approximate surface area is 163 Å². The van der Waals surface area contributed by atoms with Gasteiger partial charge >= 0.3 is 0 Å². The van der Waals surface area contributed by atoms with Crippen LogP contribution >= 0.6 is 24.0 Å². The predicted molar refractivity (Wildman–Crippen MR) is 110 cm³/mol. The predicted octanol–water partition coefficient (Wildman–Crippen LogP) is 3.26. The molecular formula is C17H33IN6. The van der Waals surface area contributed by atoms with Crippen molar-refractivity contribution in [2.75, 3.05) is 6.54 Å². The first-order valence-electron chi connectivity index (χ1n) is 9.20. The first-order valence-corrected chi connectivity index (χ1v) is 9.20. The number of guanidine groups is 1. The van der Waals surface area contributed by atoms with E-state index in [0.29, 0.717) is 12.6 Å². The van der Waals surface area contributed by atoms with E-state index in [9.17, 15) is 0 Å². The number of unbranched alkanes of at least 4 members (excludes halogenated alkanes) is 2. The summed E-state index contributed by atoms with van der Waals surface area (Å²) in [5.41, 5.74) is 0. The molecule has 1 atom stereocenters. The van der Waals surface area contributed by atoms with Gasteiger partial charge in [-0.1, -0.05) is 26.2 Å². The van der Waals surface area contributed by atoms with Crippen LogP contribution in [0.25, 0.3) is 0 Å². The van der Waals surface area contributed by atoms with Gasteiger partial charge in [-0.2, -0.15) is 0 Å². The van der Waals surface area contributed by atoms with Crippen molar-refractivity contribution in [2.45, 2.75) is 84.8 Å². The monoisotopic (exact) mass is 448 g/mol. The third kappa shape index (κ3) is 6.57. The summed E-state index contributed by atoms with van der Waals surface area (Å²) in [5, 5.41) is 15.4. The minimum absolute atomic E-state index is 0. The zero-order valence-electron chi connectivity index (χ0n) is 15.3. The van der Waals surface area contributed by atoms with Gasteiger partial charge in [0.15, 0.2) is 11.8 Å². The van der Waals surface area contributed by atoms with Crippen molar-refractivity contribution in [2.24, 2.45) is 4.99 Å². The number of nitrogens with zero attached hydrogens (tertiary/aromatic N) is 4. The van der Waals surface area contributed by atoms with E-state index in [2.05, 4.69) is 46.2 Å². The molecule has 0 bridgehead atoms. The van der Waals surface area contributed by atoms with Crippen LogP contribution < -0.4 is 10.6 Å². The number of aryl methyl sites for hydroxylation is 1. The van der Waals surface area contributed by atoms with Gasteiger partial charge in [-0.05, 0) is 33.1 Å². The number of aromatic nitrogens is 3. The third-order valence-electron chi connectivity index (χ3n) is 4.28. The van der Waals surface area contributed by atoms with Gasteiger partial charge in [-0.3, -0.25) is 0 Å². The van der Waals surface area contributed by atoms with E-state index < -0.39 is 0 Å². The second kappa shape index (κ2) is 11.7. The van der Waals surface area contributed by atoms with E-state index in [0.717, 1.165) is 37.1 Å². The Bertz CT molecular complexity index is 499. The topological polar surface area (TPSA) is 67.1 Å². The molecule has 1 aromatic rings. The quantitative estimate of drug-likeness (QED) is 0.277. The normalized spacial score (nSPS) is 15.4. The van der Waals surface area contributed by atoms with Crippen molar-refractivity contribution < 1.29 is 0 Å². The maximum atomic E-state index is 4.70. The van der Waals surface area contributed by atoms with Gasteiger partial charge in [0.05, 0.1) is 0 Å². The highest BCUT2D eigenvalue weighted by Gasteiger charge is 2.15. The minimum atomic E-state index is 0. The van der Waals surface area contributed by atoms with Gasteiger partial charge in [-0.25, -0.2) is 4.99 Å². The number of rotatable bonds is 8. The number of hydrogen-bond acceptors (Lipinski definition) is 3. The molecule has 0 aliphatic carbocycles. The van der Waals surface area contributed by atoms with Crippen molar-refractivity contribution >= 4 is 29.9 Å². The molecule has 0 spiro atoms. The van der Waals surface area contributed by atoms with Gasteiger partial charge in [-0.15, -0.1) is 34.2 Å². The zero-order valence-corrected chi connectivity index (χ0v) is 17.7. The van der Waals surface area contributed by atoms with Gasteiger partial charge < -0.3 is 15.2 Å². The van der Waals surface area contributed by atoms with E-state index in [1.54, 1.807) is 0 Å². The fourth-order valence-electron chi connectivity index (χ4n) is 2.96. The molecule has 0 fully saturated rings. The summed E-state index contributed by atoms with van der Waals surface area (Å²) in [7, 11) is 0. The molecule has 2 rings (SSSR count). The summed E-state index contributed by atoms with van der Waals surface area (Å²) in [4.78, 5) is 4.70. The zero-order chi connectivity index (χ0) is 16.5. The number of hydrogen-bond donors (Lipinski definition) is 2. The van der Waals surface area contributed by atoms with Gasteiger partial charge in [0.25, 0.3) is 0 Å². The van der Waals surface area contributed by atoms with Crippen molar-refractivity contribution in [3.63, 3.8) is 0 Å². The molecule has 2 N–H and O–H groups in total. The molecule has 0 saturated heterocycles. The lowest BCUT2D eigenvalue weighted by molar-refractivity contribution is 0.507. The van der Waals surface area contributed by atoms with Crippen LogP contribution in [0.15, 0.2) is 4.99 Å². The van der Waals surface area contributed by atoms with E-state index in [1.165, 1.54) is 38.5 Å². The van der Waals surface area contributed by atoms with E-state index >= 15 is 0 Å². The van der Waals surface area contributed by atoms with Crippen LogP contribution in [0.2, 0.25) is 0 Å². The summed E-state index contributed by atoms with van der Waals surface area (Å²) in [6.45, 7) is 9.04. The summed E-state index contributed by atoms with van der Waals surface area (Å²) in [5.74, 6) is 2.98. The van der Waals surface area contributed by atoms with E-state index in [-0.39, 0.29) is 24.0 Å². The van der Waals surface area contributed by atoms with Crippen LogP contribution in [0.1, 0.15) is 70.9 Å². The maximum absolute atomic E-state index is 4.70. The Morgan fingerprint density at radius 2 is 2.08 bits per heavy atom. The summed E-state index contributed by atoms with van der Waals surface area (Å²) in [6.07, 6.45) is 8.49. The molecule has 0 amide bonds. The fraction of sp³-hybridized carbons (Fsp3) is 0.824. The van der Waals surface area contributed by atoms with Gasteiger partial charge in [0.2, 0.25) is 0 Å². The fourth-order valence-corrected chi connectivity index (χ4v) is 2.96. The van der Waals surface area contributed by atoms with Crippen molar-refractivity contribution in [1.29, 1.82) is 0 Å². The van der Waals surface area contributed by atoms with Crippen LogP contribution in [0.4, 0.5) is 0 Å². The molecule has 1 unspecified atom stereocenters. The first kappa shape index (κ1) is 21.2. The largest absolute Gasteiger partial charge is 0.357 e. The number of fused-ring (bicyclic) bond motifs is 1. The molecule has 1 aliphatic rings. The highest BCUT2D eigenvalue weighted by molar-refractivity contribution is 14.0. The Hall–Kier alpha value is -0.860. The van der Waals surface area contributed by atoms with Gasteiger partial charge in [0, 0.05) is 25.6 Å². The standard InChI is InChI=1S/C17H32N6.HI/c1-4-6-7-10-14(3)20-17(18-5-2)19-13-16-22-21-15-11-8-9-12-23(15)16;/h14H,4-13H2,1-3H3,(H2,18,19,20);1H. The molecule has 6 nitrogen and oxygen atoms in total.